The lowest BCUT2D eigenvalue weighted by atomic mass is 10.2. The summed E-state index contributed by atoms with van der Waals surface area (Å²) in [6.07, 6.45) is 3.14. The van der Waals surface area contributed by atoms with Crippen molar-refractivity contribution in [3.05, 3.63) is 24.3 Å². The van der Waals surface area contributed by atoms with E-state index in [0.717, 1.165) is 19.4 Å². The first-order valence-corrected chi connectivity index (χ1v) is 8.56. The van der Waals surface area contributed by atoms with Gasteiger partial charge in [-0.05, 0) is 57.0 Å². The fourth-order valence-electron chi connectivity index (χ4n) is 2.34. The Kier molecular flexibility index (Phi) is 5.39. The van der Waals surface area contributed by atoms with E-state index in [4.69, 9.17) is 4.74 Å². The van der Waals surface area contributed by atoms with Gasteiger partial charge in [-0.2, -0.15) is 0 Å². The summed E-state index contributed by atoms with van der Waals surface area (Å²) >= 11 is 0. The average molecular weight is 298 g/mol. The van der Waals surface area contributed by atoms with Crippen LogP contribution < -0.4 is 14.8 Å². The maximum atomic E-state index is 12.1. The topological polar surface area (TPSA) is 67.4 Å². The molecule has 1 atom stereocenters. The predicted octanol–water partition coefficient (Wildman–Crippen LogP) is 1.51. The largest absolute Gasteiger partial charge is 0.494 e. The number of hydrogen-bond acceptors (Lipinski definition) is 4. The van der Waals surface area contributed by atoms with Crippen molar-refractivity contribution in [2.24, 2.45) is 0 Å². The third-order valence-electron chi connectivity index (χ3n) is 3.39. The van der Waals surface area contributed by atoms with Gasteiger partial charge in [0, 0.05) is 12.6 Å². The van der Waals surface area contributed by atoms with Crippen LogP contribution in [-0.2, 0) is 10.0 Å². The zero-order valence-corrected chi connectivity index (χ0v) is 12.6. The molecule has 1 fully saturated rings. The van der Waals surface area contributed by atoms with Gasteiger partial charge in [0.1, 0.15) is 5.75 Å². The van der Waals surface area contributed by atoms with Crippen molar-refractivity contribution in [2.75, 3.05) is 19.7 Å². The minimum Gasteiger partial charge on any atom is -0.494 e. The fraction of sp³-hybridized carbons (Fsp3) is 0.571. The molecular weight excluding hydrogens is 276 g/mol. The Balaban J connectivity index is 1.88. The summed E-state index contributed by atoms with van der Waals surface area (Å²) in [5.74, 6) is 0.682. The molecule has 1 aromatic carbocycles. The normalized spacial score (nSPS) is 19.1. The number of nitrogens with one attached hydrogen (secondary N) is 2. The standard InChI is InChI=1S/C14H22N2O3S/c1-2-19-13-5-7-14(8-6-13)20(17,18)16-11-9-12-4-3-10-15-12/h5-8,12,15-16H,2-4,9-11H2,1H3/t12-/m1/s1. The van der Waals surface area contributed by atoms with Crippen LogP contribution in [0.25, 0.3) is 0 Å². The van der Waals surface area contributed by atoms with Crippen molar-refractivity contribution in [3.63, 3.8) is 0 Å². The van der Waals surface area contributed by atoms with Crippen LogP contribution in [0.3, 0.4) is 0 Å². The number of benzene rings is 1. The highest BCUT2D eigenvalue weighted by molar-refractivity contribution is 7.89. The van der Waals surface area contributed by atoms with Gasteiger partial charge in [-0.1, -0.05) is 0 Å². The van der Waals surface area contributed by atoms with E-state index in [-0.39, 0.29) is 4.90 Å². The summed E-state index contributed by atoms with van der Waals surface area (Å²) in [5.41, 5.74) is 0. The Hall–Kier alpha value is -1.11. The lowest BCUT2D eigenvalue weighted by Crippen LogP contribution is -2.30. The van der Waals surface area contributed by atoms with Crippen molar-refractivity contribution >= 4 is 10.0 Å². The lowest BCUT2D eigenvalue weighted by Gasteiger charge is -2.11. The Morgan fingerprint density at radius 2 is 2.10 bits per heavy atom. The molecule has 0 spiro atoms. The smallest absolute Gasteiger partial charge is 0.240 e. The molecule has 0 radical (unpaired) electrons. The molecule has 0 unspecified atom stereocenters. The molecule has 2 N–H and O–H groups in total. The van der Waals surface area contributed by atoms with E-state index in [1.165, 1.54) is 6.42 Å². The van der Waals surface area contributed by atoms with Crippen molar-refractivity contribution in [3.8, 4) is 5.75 Å². The van der Waals surface area contributed by atoms with Crippen LogP contribution in [0, 0.1) is 0 Å². The van der Waals surface area contributed by atoms with Gasteiger partial charge in [-0.15, -0.1) is 0 Å². The summed E-state index contributed by atoms with van der Waals surface area (Å²) in [6, 6.07) is 6.94. The van der Waals surface area contributed by atoms with E-state index >= 15 is 0 Å². The molecule has 112 valence electrons. The van der Waals surface area contributed by atoms with E-state index in [1.807, 2.05) is 6.92 Å². The third-order valence-corrected chi connectivity index (χ3v) is 4.87. The van der Waals surface area contributed by atoms with Gasteiger partial charge in [-0.3, -0.25) is 0 Å². The molecule has 0 saturated carbocycles. The van der Waals surface area contributed by atoms with Crippen LogP contribution in [0.1, 0.15) is 26.2 Å². The first-order chi connectivity index (χ1) is 9.62. The Morgan fingerprint density at radius 3 is 2.70 bits per heavy atom. The van der Waals surface area contributed by atoms with E-state index < -0.39 is 10.0 Å². The first kappa shape index (κ1) is 15.3. The summed E-state index contributed by atoms with van der Waals surface area (Å²) in [4.78, 5) is 0.278. The second-order valence-electron chi connectivity index (χ2n) is 4.88. The van der Waals surface area contributed by atoms with Crippen molar-refractivity contribution in [1.82, 2.24) is 10.0 Å². The van der Waals surface area contributed by atoms with E-state index in [9.17, 15) is 8.42 Å². The number of ether oxygens (including phenoxy) is 1. The van der Waals surface area contributed by atoms with Crippen LogP contribution in [0.4, 0.5) is 0 Å². The van der Waals surface area contributed by atoms with E-state index in [2.05, 4.69) is 10.0 Å². The minimum atomic E-state index is -3.42. The van der Waals surface area contributed by atoms with Gasteiger partial charge in [0.25, 0.3) is 0 Å². The maximum absolute atomic E-state index is 12.1. The molecule has 6 heteroatoms. The number of rotatable bonds is 7. The SMILES string of the molecule is CCOc1ccc(S(=O)(=O)NCC[C@H]2CCCN2)cc1. The average Bonchev–Trinajstić information content (AvgIpc) is 2.93. The van der Waals surface area contributed by atoms with Crippen LogP contribution >= 0.6 is 0 Å². The van der Waals surface area contributed by atoms with E-state index in [0.29, 0.717) is 24.9 Å². The first-order valence-electron chi connectivity index (χ1n) is 7.08. The highest BCUT2D eigenvalue weighted by Crippen LogP contribution is 2.16. The van der Waals surface area contributed by atoms with Crippen LogP contribution in [0.5, 0.6) is 5.75 Å². The molecule has 1 aromatic rings. The number of sulfonamides is 1. The quantitative estimate of drug-likeness (QED) is 0.800. The Morgan fingerprint density at radius 1 is 1.35 bits per heavy atom. The Bertz CT molecular complexity index is 508. The van der Waals surface area contributed by atoms with Gasteiger partial charge >= 0.3 is 0 Å². The molecule has 0 aliphatic carbocycles. The van der Waals surface area contributed by atoms with Gasteiger partial charge in [-0.25, -0.2) is 13.1 Å². The second kappa shape index (κ2) is 7.06. The molecular formula is C14H22N2O3S. The third kappa shape index (κ3) is 4.19. The highest BCUT2D eigenvalue weighted by atomic mass is 32.2. The highest BCUT2D eigenvalue weighted by Gasteiger charge is 2.17. The van der Waals surface area contributed by atoms with Crippen LogP contribution in [0.2, 0.25) is 0 Å². The number of hydrogen-bond donors (Lipinski definition) is 2. The predicted molar refractivity (Wildman–Crippen MR) is 78.4 cm³/mol. The summed E-state index contributed by atoms with van der Waals surface area (Å²) in [6.45, 7) is 3.96. The zero-order valence-electron chi connectivity index (χ0n) is 11.8. The molecule has 1 heterocycles. The van der Waals surface area contributed by atoms with Crippen molar-refractivity contribution in [1.29, 1.82) is 0 Å². The molecule has 1 saturated heterocycles. The summed E-state index contributed by atoms with van der Waals surface area (Å²) in [5, 5.41) is 3.35. The van der Waals surface area contributed by atoms with Crippen LogP contribution in [0.15, 0.2) is 29.2 Å². The summed E-state index contributed by atoms with van der Waals surface area (Å²) < 4.78 is 32.1. The van der Waals surface area contributed by atoms with Gasteiger partial charge in [0.15, 0.2) is 0 Å². The molecule has 5 nitrogen and oxygen atoms in total. The fourth-order valence-corrected chi connectivity index (χ4v) is 3.38. The molecule has 20 heavy (non-hydrogen) atoms. The molecule has 0 bridgehead atoms. The molecule has 1 aliphatic rings. The molecule has 2 rings (SSSR count). The molecule has 0 aromatic heterocycles. The van der Waals surface area contributed by atoms with Gasteiger partial charge in [0.05, 0.1) is 11.5 Å². The van der Waals surface area contributed by atoms with E-state index in [1.54, 1.807) is 24.3 Å². The zero-order chi connectivity index (χ0) is 14.4. The van der Waals surface area contributed by atoms with Crippen LogP contribution in [-0.4, -0.2) is 34.2 Å². The van der Waals surface area contributed by atoms with Gasteiger partial charge < -0.3 is 10.1 Å². The second-order valence-corrected chi connectivity index (χ2v) is 6.65. The maximum Gasteiger partial charge on any atom is 0.240 e. The summed E-state index contributed by atoms with van der Waals surface area (Å²) in [7, 11) is -3.42. The Labute approximate surface area is 120 Å². The van der Waals surface area contributed by atoms with Gasteiger partial charge in [0.2, 0.25) is 10.0 Å². The molecule has 0 amide bonds. The monoisotopic (exact) mass is 298 g/mol. The van der Waals surface area contributed by atoms with Crippen molar-refractivity contribution in [2.45, 2.75) is 37.1 Å². The minimum absolute atomic E-state index is 0.278. The molecule has 1 aliphatic heterocycles. The van der Waals surface area contributed by atoms with Crippen molar-refractivity contribution < 1.29 is 13.2 Å². The lowest BCUT2D eigenvalue weighted by molar-refractivity contribution is 0.340.